The van der Waals surface area contributed by atoms with E-state index in [0.717, 1.165) is 35.4 Å². The molecule has 5 rings (SSSR count). The van der Waals surface area contributed by atoms with Crippen LogP contribution in [0.4, 0.5) is 5.69 Å². The van der Waals surface area contributed by atoms with E-state index in [1.807, 2.05) is 24.4 Å². The van der Waals surface area contributed by atoms with Crippen LogP contribution in [0.3, 0.4) is 0 Å². The standard InChI is InChI=1S/C29H28N4O2S/c1-3-31-27-26(19-14-21-10-15-24(34)16-11-21)32(4-2)33(23-8-6-5-7-9-23)28(27)36-29(31)30-20-22-12-17-25(35)18-13-22/h5-20,31,35H,3-4H2,1-2H3/q+1. The van der Waals surface area contributed by atoms with E-state index < -0.39 is 0 Å². The quantitative estimate of drug-likeness (QED) is 0.603. The number of aliphatic imine (C=N–C) groups is 1. The molecule has 36 heavy (non-hydrogen) atoms. The number of quaternary nitrogens is 2. The summed E-state index contributed by atoms with van der Waals surface area (Å²) in [6, 6.07) is 17.2. The molecule has 3 aliphatic rings. The highest BCUT2D eigenvalue weighted by molar-refractivity contribution is 8.05. The second kappa shape index (κ2) is 10.5. The van der Waals surface area contributed by atoms with Gasteiger partial charge in [-0.1, -0.05) is 54.6 Å². The Labute approximate surface area is 215 Å². The van der Waals surface area contributed by atoms with Gasteiger partial charge in [0.05, 0.1) is 12.2 Å². The number of hydrogen-bond acceptors (Lipinski definition) is 5. The molecule has 0 bridgehead atoms. The molecule has 0 spiro atoms. The average Bonchev–Trinajstić information content (AvgIpc) is 3.41. The summed E-state index contributed by atoms with van der Waals surface area (Å²) in [6.45, 7) is 6.07. The van der Waals surface area contributed by atoms with Gasteiger partial charge in [0.1, 0.15) is 6.54 Å². The molecule has 0 aromatic heterocycles. The van der Waals surface area contributed by atoms with Crippen LogP contribution in [-0.2, 0) is 4.79 Å². The lowest BCUT2D eigenvalue weighted by Gasteiger charge is -2.28. The number of para-hydroxylation sites is 1. The maximum Gasteiger partial charge on any atom is 0.340 e. The van der Waals surface area contributed by atoms with Crippen LogP contribution in [-0.4, -0.2) is 25.1 Å². The molecule has 2 heterocycles. The van der Waals surface area contributed by atoms with E-state index in [9.17, 15) is 9.90 Å². The molecule has 1 aliphatic carbocycles. The first-order valence-electron chi connectivity index (χ1n) is 12.1. The van der Waals surface area contributed by atoms with Gasteiger partial charge in [0.25, 0.3) is 0 Å². The van der Waals surface area contributed by atoms with E-state index >= 15 is 0 Å². The highest BCUT2D eigenvalue weighted by Crippen LogP contribution is 2.40. The highest BCUT2D eigenvalue weighted by atomic mass is 32.2. The van der Waals surface area contributed by atoms with E-state index in [0.29, 0.717) is 0 Å². The van der Waals surface area contributed by atoms with Gasteiger partial charge in [-0.15, -0.1) is 5.75 Å². The van der Waals surface area contributed by atoms with Crippen molar-refractivity contribution in [2.45, 2.75) is 13.8 Å². The number of allylic oxidation sites excluding steroid dienone is 7. The maximum absolute atomic E-state index is 11.5. The van der Waals surface area contributed by atoms with E-state index in [1.54, 1.807) is 48.2 Å². The Bertz CT molecular complexity index is 1300. The van der Waals surface area contributed by atoms with Crippen LogP contribution in [0, 0.1) is 5.50 Å². The minimum atomic E-state index is -0.00597. The van der Waals surface area contributed by atoms with Crippen LogP contribution >= 0.6 is 11.8 Å². The summed E-state index contributed by atoms with van der Waals surface area (Å²) in [5.41, 5.74) is 6.41. The monoisotopic (exact) mass is 496 g/mol. The molecule has 2 atom stereocenters. The molecule has 2 aromatic rings. The summed E-state index contributed by atoms with van der Waals surface area (Å²) in [4.78, 5) is 17.6. The number of rotatable bonds is 6. The minimum absolute atomic E-state index is 0.00597. The number of hydrogen-bond donors (Lipinski definition) is 2. The number of ketones is 1. The van der Waals surface area contributed by atoms with Crippen molar-refractivity contribution in [2.75, 3.05) is 18.1 Å². The van der Waals surface area contributed by atoms with E-state index in [4.69, 9.17) is 4.99 Å². The Morgan fingerprint density at radius 2 is 1.67 bits per heavy atom. The predicted molar refractivity (Wildman–Crippen MR) is 143 cm³/mol. The summed E-state index contributed by atoms with van der Waals surface area (Å²) in [7, 11) is 0. The van der Waals surface area contributed by atoms with Crippen LogP contribution in [0.2, 0.25) is 0 Å². The largest absolute Gasteiger partial charge is 0.872 e. The maximum atomic E-state index is 11.5. The number of carbonyl (C=O) groups excluding carboxylic acids is 1. The van der Waals surface area contributed by atoms with Crippen LogP contribution < -0.4 is 20.0 Å². The van der Waals surface area contributed by atoms with Gasteiger partial charge < -0.3 is 5.11 Å². The van der Waals surface area contributed by atoms with Crippen molar-refractivity contribution in [3.63, 3.8) is 0 Å². The number of thioether (sulfide) groups is 1. The first kappa shape index (κ1) is 24.1. The molecule has 7 heteroatoms. The zero-order valence-corrected chi connectivity index (χ0v) is 21.1. The third-order valence-electron chi connectivity index (χ3n) is 6.26. The Balaban J connectivity index is 1.54. The molecule has 181 valence electrons. The van der Waals surface area contributed by atoms with E-state index in [1.165, 1.54) is 26.3 Å². The third-order valence-corrected chi connectivity index (χ3v) is 7.38. The van der Waals surface area contributed by atoms with Crippen LogP contribution in [0.1, 0.15) is 19.4 Å². The van der Waals surface area contributed by atoms with Crippen molar-refractivity contribution >= 4 is 29.4 Å². The van der Waals surface area contributed by atoms with Crippen LogP contribution in [0.25, 0.3) is 0 Å². The van der Waals surface area contributed by atoms with E-state index in [-0.39, 0.29) is 11.5 Å². The van der Waals surface area contributed by atoms with Crippen LogP contribution in [0.5, 0.6) is 5.75 Å². The summed E-state index contributed by atoms with van der Waals surface area (Å²) in [5, 5.41) is 16.2. The zero-order chi connectivity index (χ0) is 25.1. The molecule has 0 saturated carbocycles. The van der Waals surface area contributed by atoms with E-state index in [2.05, 4.69) is 55.3 Å². The van der Waals surface area contributed by atoms with Gasteiger partial charge >= 0.3 is 5.50 Å². The van der Waals surface area contributed by atoms with Crippen molar-refractivity contribution < 1.29 is 19.8 Å². The number of carbonyl (C=O) groups is 1. The lowest BCUT2D eigenvalue weighted by atomic mass is 10.1. The molecule has 1 radical (unpaired) electrons. The van der Waals surface area contributed by atoms with Crippen molar-refractivity contribution in [3.05, 3.63) is 124 Å². The van der Waals surface area contributed by atoms with Gasteiger partial charge in [-0.2, -0.15) is 10.0 Å². The summed E-state index contributed by atoms with van der Waals surface area (Å²) in [6.07, 6.45) is 13.0. The summed E-state index contributed by atoms with van der Waals surface area (Å²) >= 11 is 1.69. The molecule has 2 N–H and O–H groups in total. The van der Waals surface area contributed by atoms with Gasteiger partial charge in [0.15, 0.2) is 5.78 Å². The fourth-order valence-corrected chi connectivity index (χ4v) is 5.82. The fourth-order valence-electron chi connectivity index (χ4n) is 4.52. The first-order valence-corrected chi connectivity index (χ1v) is 12.9. The predicted octanol–water partition coefficient (Wildman–Crippen LogP) is 2.29. The number of nitrogens with zero attached hydrogens (tertiary/aromatic N) is 2. The molecule has 2 unspecified atom stereocenters. The Kier molecular flexibility index (Phi) is 7.04. The van der Waals surface area contributed by atoms with Gasteiger partial charge in [-0.05, 0) is 55.3 Å². The molecular weight excluding hydrogens is 468 g/mol. The van der Waals surface area contributed by atoms with Crippen molar-refractivity contribution in [2.24, 2.45) is 4.99 Å². The fraction of sp³-hybridized carbons (Fsp3) is 0.138. The highest BCUT2D eigenvalue weighted by Gasteiger charge is 2.54. The normalized spacial score (nSPS) is 22.9. The lowest BCUT2D eigenvalue weighted by Crippen LogP contribution is -3.18. The second-order valence-corrected chi connectivity index (χ2v) is 9.51. The molecule has 0 fully saturated rings. The second-order valence-electron chi connectivity index (χ2n) is 8.53. The first-order chi connectivity index (χ1) is 17.6. The summed E-state index contributed by atoms with van der Waals surface area (Å²) in [5.74, 6) is 0.00562. The molecule has 0 amide bonds. The van der Waals surface area contributed by atoms with Crippen molar-refractivity contribution in [1.82, 2.24) is 0 Å². The zero-order valence-electron chi connectivity index (χ0n) is 20.3. The third kappa shape index (κ3) is 4.73. The molecule has 2 aromatic carbocycles. The molecule has 2 aliphatic heterocycles. The summed E-state index contributed by atoms with van der Waals surface area (Å²) < 4.78 is 0. The number of nitrogens with one attached hydrogen (secondary N) is 2. The number of benzene rings is 2. The van der Waals surface area contributed by atoms with Gasteiger partial charge in [-0.25, -0.2) is 4.99 Å². The SMILES string of the molecule is CC[NH+]1[C](N=Cc2ccc([O-])cc2)SC2=C1C(=CC=C1C=CC(=O)C=C1)[NH+](CC)N2c1ccccc1. The molecule has 6 nitrogen and oxygen atoms in total. The van der Waals surface area contributed by atoms with Gasteiger partial charge in [0.2, 0.25) is 16.4 Å². The van der Waals surface area contributed by atoms with Crippen molar-refractivity contribution in [3.8, 4) is 5.75 Å². The van der Waals surface area contributed by atoms with Crippen molar-refractivity contribution in [1.29, 1.82) is 0 Å². The minimum Gasteiger partial charge on any atom is -0.872 e. The smallest absolute Gasteiger partial charge is 0.340 e. The Morgan fingerprint density at radius 3 is 2.33 bits per heavy atom. The van der Waals surface area contributed by atoms with Crippen LogP contribution in [0.15, 0.2) is 118 Å². The number of likely N-dealkylation sites (N-methyl/N-ethyl adjacent to an activating group) is 2. The number of anilines is 1. The Morgan fingerprint density at radius 1 is 0.944 bits per heavy atom. The topological polar surface area (TPSA) is 64.6 Å². The lowest BCUT2D eigenvalue weighted by molar-refractivity contribution is -0.882. The van der Waals surface area contributed by atoms with Gasteiger partial charge in [-0.3, -0.25) is 9.69 Å². The average molecular weight is 497 g/mol. The Hall–Kier alpha value is -3.65. The van der Waals surface area contributed by atoms with Gasteiger partial charge in [0, 0.05) is 24.1 Å². The molecular formula is C29H28N4O2S+. The molecule has 0 saturated heterocycles.